The van der Waals surface area contributed by atoms with Gasteiger partial charge in [0.15, 0.2) is 0 Å². The number of aryl methyl sites for hydroxylation is 1. The van der Waals surface area contributed by atoms with Crippen molar-refractivity contribution in [2.45, 2.75) is 72.8 Å². The fraction of sp³-hybridized carbons (Fsp3) is 0.486. The minimum atomic E-state index is 0.414. The molecule has 0 spiro atoms. The van der Waals surface area contributed by atoms with Crippen molar-refractivity contribution in [1.82, 2.24) is 15.1 Å². The molecule has 6 nitrogen and oxygen atoms in total. The van der Waals surface area contributed by atoms with Gasteiger partial charge in [0.25, 0.3) is 0 Å². The minimum absolute atomic E-state index is 0.414. The van der Waals surface area contributed by atoms with E-state index in [4.69, 9.17) is 9.73 Å². The van der Waals surface area contributed by atoms with E-state index in [0.717, 1.165) is 91.3 Å². The van der Waals surface area contributed by atoms with Crippen molar-refractivity contribution in [2.24, 2.45) is 22.7 Å². The van der Waals surface area contributed by atoms with Gasteiger partial charge in [0.05, 0.1) is 11.4 Å². The topological polar surface area (TPSA) is 62.6 Å². The number of fused-ring (bicyclic) bond motifs is 1. The van der Waals surface area contributed by atoms with Crippen LogP contribution in [0.1, 0.15) is 75.1 Å². The molecule has 0 radical (unpaired) electrons. The number of hydrogen-bond acceptors (Lipinski definition) is 6. The number of hydrogen-bond donors (Lipinski definition) is 1. The van der Waals surface area contributed by atoms with Crippen LogP contribution in [0.15, 0.2) is 60.2 Å². The molecule has 0 amide bonds. The van der Waals surface area contributed by atoms with E-state index in [1.807, 2.05) is 12.1 Å². The lowest BCUT2D eigenvalue weighted by Gasteiger charge is -2.33. The van der Waals surface area contributed by atoms with E-state index in [0.29, 0.717) is 5.92 Å². The van der Waals surface area contributed by atoms with Crippen molar-refractivity contribution in [1.29, 1.82) is 0 Å². The fourth-order valence-electron chi connectivity index (χ4n) is 6.30. The number of nitrogens with zero attached hydrogens (tertiary/aromatic N) is 4. The molecule has 1 fully saturated rings. The zero-order chi connectivity index (χ0) is 30.2. The molecular formula is C37H49N5O. The second kappa shape index (κ2) is 14.8. The highest BCUT2D eigenvalue weighted by Crippen LogP contribution is 2.37. The van der Waals surface area contributed by atoms with Crippen molar-refractivity contribution < 1.29 is 4.74 Å². The van der Waals surface area contributed by atoms with E-state index in [9.17, 15) is 0 Å². The highest BCUT2D eigenvalue weighted by molar-refractivity contribution is 5.82. The van der Waals surface area contributed by atoms with Crippen molar-refractivity contribution in [2.75, 3.05) is 31.6 Å². The molecule has 1 aromatic heterocycles. The molecule has 43 heavy (non-hydrogen) atoms. The third-order valence-corrected chi connectivity index (χ3v) is 9.42. The summed E-state index contributed by atoms with van der Waals surface area (Å²) in [6, 6.07) is 15.2. The molecule has 2 aliphatic heterocycles. The monoisotopic (exact) mass is 579 g/mol. The molecule has 2 aromatic carbocycles. The molecule has 228 valence electrons. The molecule has 3 atom stereocenters. The van der Waals surface area contributed by atoms with E-state index in [1.165, 1.54) is 42.5 Å². The van der Waals surface area contributed by atoms with Gasteiger partial charge in [-0.15, -0.1) is 0 Å². The van der Waals surface area contributed by atoms with Crippen LogP contribution in [0.3, 0.4) is 0 Å². The first-order chi connectivity index (χ1) is 20.9. The van der Waals surface area contributed by atoms with Gasteiger partial charge in [-0.25, -0.2) is 0 Å². The van der Waals surface area contributed by atoms with Crippen LogP contribution >= 0.6 is 0 Å². The molecule has 2 aliphatic rings. The molecule has 3 aromatic rings. The number of anilines is 1. The maximum absolute atomic E-state index is 5.70. The normalized spacial score (nSPS) is 19.6. The average molecular weight is 580 g/mol. The van der Waals surface area contributed by atoms with Crippen molar-refractivity contribution in [3.05, 3.63) is 77.5 Å². The number of benzene rings is 2. The Hall–Kier alpha value is -3.51. The summed E-state index contributed by atoms with van der Waals surface area (Å²) in [6.45, 7) is 18.2. The maximum Gasteiger partial charge on any atom is 0.0929 e. The molecule has 1 N–H and O–H groups in total. The highest BCUT2D eigenvalue weighted by atomic mass is 16.5. The first kappa shape index (κ1) is 30.9. The molecule has 6 heteroatoms. The second-order valence-corrected chi connectivity index (χ2v) is 12.6. The predicted molar refractivity (Wildman–Crippen MR) is 180 cm³/mol. The Morgan fingerprint density at radius 3 is 2.86 bits per heavy atom. The SMILES string of the molecule is C=C(c1cc(-c2cccnn2)cc(C)c1N=CC(C)CC)N1CCc2ccc(NCCCC3CCOCCC3C)cc2C1. The third-order valence-electron chi connectivity index (χ3n) is 9.42. The van der Waals surface area contributed by atoms with Gasteiger partial charge in [0.1, 0.15) is 0 Å². The standard InChI is InChI=1S/C37H49N5O/c1-6-26(2)24-39-37-28(4)21-32(36-10-8-17-40-41-36)23-35(37)29(5)42-18-13-31-11-12-34(22-33(31)25-42)38-16-7-9-30-15-20-43-19-14-27(30)3/h8,10-12,17,21-24,26-27,30,38H,5-7,9,13-16,18-20,25H2,1-4H3. The largest absolute Gasteiger partial charge is 0.385 e. The lowest BCUT2D eigenvalue weighted by molar-refractivity contribution is 0.140. The van der Waals surface area contributed by atoms with Crippen molar-refractivity contribution in [3.63, 3.8) is 0 Å². The molecule has 0 saturated carbocycles. The van der Waals surface area contributed by atoms with Gasteiger partial charge in [-0.1, -0.05) is 33.4 Å². The summed E-state index contributed by atoms with van der Waals surface area (Å²) in [5.74, 6) is 1.96. The lowest BCUT2D eigenvalue weighted by atomic mass is 9.86. The van der Waals surface area contributed by atoms with Crippen LogP contribution in [-0.2, 0) is 17.7 Å². The first-order valence-corrected chi connectivity index (χ1v) is 16.3. The van der Waals surface area contributed by atoms with Crippen LogP contribution in [0, 0.1) is 24.7 Å². The number of ether oxygens (including phenoxy) is 1. The number of nitrogens with one attached hydrogen (secondary N) is 1. The van der Waals surface area contributed by atoms with Gasteiger partial charge >= 0.3 is 0 Å². The Balaban J connectivity index is 1.30. The van der Waals surface area contributed by atoms with Crippen LogP contribution in [-0.4, -0.2) is 47.6 Å². The summed E-state index contributed by atoms with van der Waals surface area (Å²) in [7, 11) is 0. The van der Waals surface area contributed by atoms with Gasteiger partial charge in [-0.2, -0.15) is 10.2 Å². The summed E-state index contributed by atoms with van der Waals surface area (Å²) in [5, 5.41) is 12.2. The van der Waals surface area contributed by atoms with E-state index >= 15 is 0 Å². The van der Waals surface area contributed by atoms with E-state index < -0.39 is 0 Å². The summed E-state index contributed by atoms with van der Waals surface area (Å²) in [4.78, 5) is 7.42. The van der Waals surface area contributed by atoms with Crippen LogP contribution in [0.4, 0.5) is 11.4 Å². The summed E-state index contributed by atoms with van der Waals surface area (Å²) in [6.07, 6.45) is 10.7. The molecule has 0 aliphatic carbocycles. The number of aromatic nitrogens is 2. The molecule has 1 saturated heterocycles. The molecule has 5 rings (SSSR count). The van der Waals surface area contributed by atoms with E-state index in [-0.39, 0.29) is 0 Å². The van der Waals surface area contributed by atoms with Crippen molar-refractivity contribution >= 4 is 23.3 Å². The van der Waals surface area contributed by atoms with Gasteiger partial charge in [-0.05, 0) is 116 Å². The molecule has 0 bridgehead atoms. The van der Waals surface area contributed by atoms with Gasteiger partial charge in [0.2, 0.25) is 0 Å². The van der Waals surface area contributed by atoms with Crippen LogP contribution in [0.2, 0.25) is 0 Å². The Labute approximate surface area is 258 Å². The van der Waals surface area contributed by atoms with Crippen molar-refractivity contribution in [3.8, 4) is 11.3 Å². The van der Waals surface area contributed by atoms with E-state index in [1.54, 1.807) is 6.20 Å². The molecular weight excluding hydrogens is 530 g/mol. The summed E-state index contributed by atoms with van der Waals surface area (Å²) < 4.78 is 5.70. The van der Waals surface area contributed by atoms with Gasteiger partial charge < -0.3 is 15.0 Å². The number of rotatable bonds is 11. The Kier molecular flexibility index (Phi) is 10.6. The Bertz CT molecular complexity index is 1400. The smallest absolute Gasteiger partial charge is 0.0929 e. The summed E-state index contributed by atoms with van der Waals surface area (Å²) in [5.41, 5.74) is 10.1. The maximum atomic E-state index is 5.70. The van der Waals surface area contributed by atoms with Crippen LogP contribution < -0.4 is 5.32 Å². The Morgan fingerprint density at radius 1 is 1.19 bits per heavy atom. The second-order valence-electron chi connectivity index (χ2n) is 12.6. The third kappa shape index (κ3) is 7.91. The summed E-state index contributed by atoms with van der Waals surface area (Å²) >= 11 is 0. The van der Waals surface area contributed by atoms with Crippen LogP contribution in [0.25, 0.3) is 17.0 Å². The molecule has 3 heterocycles. The van der Waals surface area contributed by atoms with E-state index in [2.05, 4.69) is 91.2 Å². The first-order valence-electron chi connectivity index (χ1n) is 16.3. The minimum Gasteiger partial charge on any atom is -0.385 e. The lowest BCUT2D eigenvalue weighted by Crippen LogP contribution is -2.29. The van der Waals surface area contributed by atoms with Gasteiger partial charge in [0, 0.05) is 67.8 Å². The Morgan fingerprint density at radius 2 is 2.05 bits per heavy atom. The zero-order valence-corrected chi connectivity index (χ0v) is 26.6. The highest BCUT2D eigenvalue weighted by Gasteiger charge is 2.22. The average Bonchev–Trinajstić information content (AvgIpc) is 3.25. The quantitative estimate of drug-likeness (QED) is 0.182. The van der Waals surface area contributed by atoms with Gasteiger partial charge in [-0.3, -0.25) is 4.99 Å². The van der Waals surface area contributed by atoms with Crippen LogP contribution in [0.5, 0.6) is 0 Å². The predicted octanol–water partition coefficient (Wildman–Crippen LogP) is 8.48. The zero-order valence-electron chi connectivity index (χ0n) is 26.6. The fourth-order valence-corrected chi connectivity index (χ4v) is 6.30. The number of aliphatic imine (C=N–C) groups is 1. The molecule has 3 unspecified atom stereocenters.